The SMILES string of the molecule is CCO[n+]1ccccc1C(=O)Oc1ccc(C2CCCCC2)cc1. The van der Waals surface area contributed by atoms with Crippen molar-refractivity contribution < 1.29 is 19.1 Å². The second kappa shape index (κ2) is 7.95. The van der Waals surface area contributed by atoms with E-state index >= 15 is 0 Å². The molecule has 1 fully saturated rings. The number of carbonyl (C=O) groups excluding carboxylic acids is 1. The van der Waals surface area contributed by atoms with Gasteiger partial charge in [0.2, 0.25) is 6.20 Å². The van der Waals surface area contributed by atoms with E-state index in [2.05, 4.69) is 12.1 Å². The fourth-order valence-corrected chi connectivity index (χ4v) is 3.24. The van der Waals surface area contributed by atoms with E-state index in [4.69, 9.17) is 9.57 Å². The minimum Gasteiger partial charge on any atom is -0.418 e. The number of rotatable bonds is 5. The molecular weight excluding hydrogens is 302 g/mol. The molecule has 1 heterocycles. The first-order valence-electron chi connectivity index (χ1n) is 8.74. The van der Waals surface area contributed by atoms with Crippen LogP contribution in [0.15, 0.2) is 48.7 Å². The van der Waals surface area contributed by atoms with Crippen LogP contribution in [-0.2, 0) is 0 Å². The summed E-state index contributed by atoms with van der Waals surface area (Å²) >= 11 is 0. The summed E-state index contributed by atoms with van der Waals surface area (Å²) in [6.07, 6.45) is 8.20. The summed E-state index contributed by atoms with van der Waals surface area (Å²) in [4.78, 5) is 17.8. The van der Waals surface area contributed by atoms with Crippen LogP contribution in [0.2, 0.25) is 0 Å². The van der Waals surface area contributed by atoms with Crippen LogP contribution in [-0.4, -0.2) is 12.6 Å². The first kappa shape index (κ1) is 16.5. The van der Waals surface area contributed by atoms with Crippen molar-refractivity contribution in [3.63, 3.8) is 0 Å². The number of nitrogens with zero attached hydrogens (tertiary/aromatic N) is 1. The Morgan fingerprint density at radius 1 is 1.08 bits per heavy atom. The molecule has 2 aromatic rings. The summed E-state index contributed by atoms with van der Waals surface area (Å²) < 4.78 is 6.93. The van der Waals surface area contributed by atoms with Gasteiger partial charge in [0.1, 0.15) is 5.75 Å². The fraction of sp³-hybridized carbons (Fsp3) is 0.400. The van der Waals surface area contributed by atoms with Crippen LogP contribution < -0.4 is 14.3 Å². The lowest BCUT2D eigenvalue weighted by molar-refractivity contribution is -0.892. The van der Waals surface area contributed by atoms with Crippen molar-refractivity contribution in [3.8, 4) is 5.75 Å². The van der Waals surface area contributed by atoms with Crippen molar-refractivity contribution in [1.29, 1.82) is 0 Å². The van der Waals surface area contributed by atoms with E-state index in [1.807, 2.05) is 25.1 Å². The number of pyridine rings is 1. The predicted octanol–water partition coefficient (Wildman–Crippen LogP) is 3.69. The molecule has 24 heavy (non-hydrogen) atoms. The molecule has 0 bridgehead atoms. The fourth-order valence-electron chi connectivity index (χ4n) is 3.24. The standard InChI is InChI=1S/C20H24NO3/c1-2-23-21-15-7-6-10-19(21)20(22)24-18-13-11-17(12-14-18)16-8-4-3-5-9-16/h6-7,10-16H,2-5,8-9H2,1H3/q+1. The highest BCUT2D eigenvalue weighted by Crippen LogP contribution is 2.33. The zero-order valence-electron chi connectivity index (χ0n) is 14.1. The van der Waals surface area contributed by atoms with E-state index in [9.17, 15) is 4.79 Å². The summed E-state index contributed by atoms with van der Waals surface area (Å²) in [5.74, 6) is 0.790. The Balaban J connectivity index is 1.68. The molecule has 0 amide bonds. The second-order valence-corrected chi connectivity index (χ2v) is 6.12. The molecule has 4 heteroatoms. The quantitative estimate of drug-likeness (QED) is 0.478. The third-order valence-corrected chi connectivity index (χ3v) is 4.47. The van der Waals surface area contributed by atoms with Gasteiger partial charge < -0.3 is 4.74 Å². The molecule has 1 aliphatic carbocycles. The van der Waals surface area contributed by atoms with Crippen molar-refractivity contribution in [3.05, 3.63) is 59.9 Å². The molecule has 126 valence electrons. The van der Waals surface area contributed by atoms with E-state index in [1.54, 1.807) is 18.3 Å². The van der Waals surface area contributed by atoms with Crippen LogP contribution in [0.1, 0.15) is 61.0 Å². The number of esters is 1. The Morgan fingerprint density at radius 2 is 1.83 bits per heavy atom. The molecule has 0 unspecified atom stereocenters. The van der Waals surface area contributed by atoms with Crippen LogP contribution in [0.3, 0.4) is 0 Å². The Morgan fingerprint density at radius 3 is 2.54 bits per heavy atom. The minimum absolute atomic E-state index is 0.371. The van der Waals surface area contributed by atoms with Gasteiger partial charge in [-0.1, -0.05) is 31.4 Å². The first-order valence-corrected chi connectivity index (χ1v) is 8.74. The highest BCUT2D eigenvalue weighted by Gasteiger charge is 2.23. The second-order valence-electron chi connectivity index (χ2n) is 6.12. The van der Waals surface area contributed by atoms with Crippen LogP contribution in [0.4, 0.5) is 0 Å². The first-order chi connectivity index (χ1) is 11.8. The van der Waals surface area contributed by atoms with E-state index in [0.717, 1.165) is 0 Å². The Kier molecular flexibility index (Phi) is 5.47. The number of carbonyl (C=O) groups is 1. The zero-order chi connectivity index (χ0) is 16.8. The maximum atomic E-state index is 12.4. The van der Waals surface area contributed by atoms with Gasteiger partial charge in [0.15, 0.2) is 6.61 Å². The van der Waals surface area contributed by atoms with Crippen LogP contribution >= 0.6 is 0 Å². The molecule has 0 radical (unpaired) electrons. The average molecular weight is 326 g/mol. The maximum absolute atomic E-state index is 12.4. The summed E-state index contributed by atoms with van der Waals surface area (Å²) in [7, 11) is 0. The van der Waals surface area contributed by atoms with Gasteiger partial charge in [0.05, 0.1) is 0 Å². The van der Waals surface area contributed by atoms with Gasteiger partial charge >= 0.3 is 11.7 Å². The van der Waals surface area contributed by atoms with Gasteiger partial charge in [-0.05, 0) is 49.4 Å². The Hall–Kier alpha value is -2.36. The number of aromatic nitrogens is 1. The van der Waals surface area contributed by atoms with E-state index in [1.165, 1.54) is 42.4 Å². The van der Waals surface area contributed by atoms with Gasteiger partial charge in [-0.15, -0.1) is 0 Å². The molecule has 4 nitrogen and oxygen atoms in total. The number of ether oxygens (including phenoxy) is 1. The number of hydrogen-bond donors (Lipinski definition) is 0. The molecule has 0 N–H and O–H groups in total. The van der Waals surface area contributed by atoms with E-state index in [-0.39, 0.29) is 0 Å². The smallest absolute Gasteiger partial charge is 0.414 e. The lowest BCUT2D eigenvalue weighted by Gasteiger charge is -2.21. The average Bonchev–Trinajstić information content (AvgIpc) is 2.64. The van der Waals surface area contributed by atoms with Crippen molar-refractivity contribution in [2.75, 3.05) is 6.61 Å². The van der Waals surface area contributed by atoms with Crippen LogP contribution in [0, 0.1) is 0 Å². The largest absolute Gasteiger partial charge is 0.418 e. The van der Waals surface area contributed by atoms with Crippen molar-refractivity contribution >= 4 is 5.97 Å². The highest BCUT2D eigenvalue weighted by molar-refractivity contribution is 5.87. The van der Waals surface area contributed by atoms with Crippen molar-refractivity contribution in [1.82, 2.24) is 0 Å². The highest BCUT2D eigenvalue weighted by atomic mass is 16.7. The third kappa shape index (κ3) is 3.94. The summed E-state index contributed by atoms with van der Waals surface area (Å²) in [5.41, 5.74) is 1.72. The maximum Gasteiger partial charge on any atom is 0.414 e. The normalized spacial score (nSPS) is 15.0. The van der Waals surface area contributed by atoms with E-state index in [0.29, 0.717) is 24.0 Å². The Labute approximate surface area is 143 Å². The van der Waals surface area contributed by atoms with Crippen molar-refractivity contribution in [2.24, 2.45) is 0 Å². The molecule has 1 aromatic heterocycles. The predicted molar refractivity (Wildman–Crippen MR) is 91.0 cm³/mol. The van der Waals surface area contributed by atoms with Crippen LogP contribution in [0.25, 0.3) is 0 Å². The van der Waals surface area contributed by atoms with Gasteiger partial charge in [0, 0.05) is 16.9 Å². The van der Waals surface area contributed by atoms with Gasteiger partial charge in [-0.3, -0.25) is 4.84 Å². The molecule has 1 saturated carbocycles. The number of benzene rings is 1. The Bertz CT molecular complexity index is 676. The molecule has 0 atom stereocenters. The minimum atomic E-state index is -0.422. The summed E-state index contributed by atoms with van der Waals surface area (Å²) in [6.45, 7) is 2.35. The lowest BCUT2D eigenvalue weighted by atomic mass is 9.84. The molecule has 0 saturated heterocycles. The summed E-state index contributed by atoms with van der Waals surface area (Å²) in [5, 5.41) is 0. The molecular formula is C20H24NO3+. The van der Waals surface area contributed by atoms with Gasteiger partial charge in [0.25, 0.3) is 0 Å². The summed E-state index contributed by atoms with van der Waals surface area (Å²) in [6, 6.07) is 13.2. The molecule has 0 spiro atoms. The monoisotopic (exact) mass is 326 g/mol. The van der Waals surface area contributed by atoms with Crippen molar-refractivity contribution in [2.45, 2.75) is 44.9 Å². The van der Waals surface area contributed by atoms with Gasteiger partial charge in [-0.2, -0.15) is 0 Å². The third-order valence-electron chi connectivity index (χ3n) is 4.47. The molecule has 1 aromatic carbocycles. The molecule has 1 aliphatic rings. The molecule has 3 rings (SSSR count). The topological polar surface area (TPSA) is 39.4 Å². The van der Waals surface area contributed by atoms with Gasteiger partial charge in [-0.25, -0.2) is 4.79 Å². The zero-order valence-corrected chi connectivity index (χ0v) is 14.1. The number of hydrogen-bond acceptors (Lipinski definition) is 3. The lowest BCUT2D eigenvalue weighted by Crippen LogP contribution is -2.48. The van der Waals surface area contributed by atoms with Crippen LogP contribution in [0.5, 0.6) is 5.75 Å². The van der Waals surface area contributed by atoms with E-state index < -0.39 is 5.97 Å². The molecule has 0 aliphatic heterocycles.